The van der Waals surface area contributed by atoms with Gasteiger partial charge in [0.1, 0.15) is 12.3 Å². The molecule has 2 aromatic rings. The summed E-state index contributed by atoms with van der Waals surface area (Å²) in [5, 5.41) is 2.27. The van der Waals surface area contributed by atoms with Crippen LogP contribution in [0.1, 0.15) is 44.2 Å². The number of hydrogen-bond acceptors (Lipinski definition) is 5. The summed E-state index contributed by atoms with van der Waals surface area (Å²) >= 11 is 0.867. The van der Waals surface area contributed by atoms with Crippen LogP contribution in [0.4, 0.5) is 10.5 Å². The SMILES string of the molecule is CCOc1ccc(NC(=O)CN2C(=O)S/C(=C/c3ccn(C4CCCC4)c3)C2=O)cc1. The first-order valence-electron chi connectivity index (χ1n) is 10.5. The van der Waals surface area contributed by atoms with Gasteiger partial charge in [0, 0.05) is 24.1 Å². The summed E-state index contributed by atoms with van der Waals surface area (Å²) in [4.78, 5) is 38.7. The maximum Gasteiger partial charge on any atom is 0.294 e. The highest BCUT2D eigenvalue weighted by Crippen LogP contribution is 2.33. The molecule has 3 amide bonds. The van der Waals surface area contributed by atoms with E-state index in [4.69, 9.17) is 4.74 Å². The van der Waals surface area contributed by atoms with Crippen molar-refractivity contribution in [3.63, 3.8) is 0 Å². The van der Waals surface area contributed by atoms with E-state index in [2.05, 4.69) is 9.88 Å². The fourth-order valence-electron chi connectivity index (χ4n) is 3.88. The standard InChI is InChI=1S/C23H25N3O4S/c1-2-30-19-9-7-17(8-10-19)24-21(27)15-26-22(28)20(31-23(26)29)13-16-11-12-25(14-16)18-5-3-4-6-18/h7-14,18H,2-6,15H2,1H3,(H,24,27)/b20-13+. The van der Waals surface area contributed by atoms with Gasteiger partial charge >= 0.3 is 0 Å². The number of imide groups is 1. The van der Waals surface area contributed by atoms with Gasteiger partial charge in [-0.05, 0) is 73.5 Å². The van der Waals surface area contributed by atoms with Crippen molar-refractivity contribution in [2.75, 3.05) is 18.5 Å². The molecule has 8 heteroatoms. The van der Waals surface area contributed by atoms with Crippen molar-refractivity contribution in [2.24, 2.45) is 0 Å². The number of benzene rings is 1. The number of thioether (sulfide) groups is 1. The molecule has 7 nitrogen and oxygen atoms in total. The Hall–Kier alpha value is -3.00. The minimum atomic E-state index is -0.439. The van der Waals surface area contributed by atoms with Gasteiger partial charge in [0.15, 0.2) is 0 Å². The molecular formula is C23H25N3O4S. The van der Waals surface area contributed by atoms with Crippen molar-refractivity contribution in [2.45, 2.75) is 38.6 Å². The molecule has 162 valence electrons. The molecule has 2 heterocycles. The molecule has 1 aliphatic carbocycles. The number of carbonyl (C=O) groups is 3. The van der Waals surface area contributed by atoms with Crippen LogP contribution in [0.15, 0.2) is 47.6 Å². The lowest BCUT2D eigenvalue weighted by atomic mass is 10.2. The molecule has 0 atom stereocenters. The second-order valence-corrected chi connectivity index (χ2v) is 8.60. The van der Waals surface area contributed by atoms with E-state index in [9.17, 15) is 14.4 Å². The van der Waals surface area contributed by atoms with Crippen molar-refractivity contribution in [1.82, 2.24) is 9.47 Å². The molecule has 2 fully saturated rings. The van der Waals surface area contributed by atoms with E-state index in [0.717, 1.165) is 22.2 Å². The summed E-state index contributed by atoms with van der Waals surface area (Å²) in [6, 6.07) is 9.39. The van der Waals surface area contributed by atoms with E-state index in [1.165, 1.54) is 25.7 Å². The lowest BCUT2D eigenvalue weighted by Crippen LogP contribution is -2.36. The smallest absolute Gasteiger partial charge is 0.294 e. The third-order valence-electron chi connectivity index (χ3n) is 5.41. The fraction of sp³-hybridized carbons (Fsp3) is 0.348. The molecule has 1 saturated heterocycles. The van der Waals surface area contributed by atoms with Gasteiger partial charge in [0.25, 0.3) is 11.1 Å². The van der Waals surface area contributed by atoms with E-state index in [-0.39, 0.29) is 6.54 Å². The molecule has 0 radical (unpaired) electrons. The second-order valence-electron chi connectivity index (χ2n) is 7.60. The van der Waals surface area contributed by atoms with Crippen LogP contribution in [-0.2, 0) is 9.59 Å². The molecule has 0 unspecified atom stereocenters. The summed E-state index contributed by atoms with van der Waals surface area (Å²) in [5.41, 5.74) is 1.46. The number of nitrogens with zero attached hydrogens (tertiary/aromatic N) is 2. The Balaban J connectivity index is 1.37. The molecule has 1 aromatic heterocycles. The minimum Gasteiger partial charge on any atom is -0.494 e. The van der Waals surface area contributed by atoms with Gasteiger partial charge in [-0.3, -0.25) is 19.3 Å². The van der Waals surface area contributed by atoms with Gasteiger partial charge < -0.3 is 14.6 Å². The van der Waals surface area contributed by atoms with Crippen LogP contribution in [0.25, 0.3) is 6.08 Å². The van der Waals surface area contributed by atoms with Crippen LogP contribution >= 0.6 is 11.8 Å². The quantitative estimate of drug-likeness (QED) is 0.634. The third-order valence-corrected chi connectivity index (χ3v) is 6.31. The Morgan fingerprint density at radius 3 is 2.65 bits per heavy atom. The first-order chi connectivity index (χ1) is 15.0. The topological polar surface area (TPSA) is 80.6 Å². The van der Waals surface area contributed by atoms with Crippen molar-refractivity contribution in [1.29, 1.82) is 0 Å². The highest BCUT2D eigenvalue weighted by atomic mass is 32.2. The number of nitrogens with one attached hydrogen (secondary N) is 1. The number of hydrogen-bond donors (Lipinski definition) is 1. The summed E-state index contributed by atoms with van der Waals surface area (Å²) in [6.45, 7) is 2.13. The Morgan fingerprint density at radius 2 is 1.94 bits per heavy atom. The van der Waals surface area contributed by atoms with Crippen LogP contribution in [0.3, 0.4) is 0 Å². The predicted molar refractivity (Wildman–Crippen MR) is 121 cm³/mol. The largest absolute Gasteiger partial charge is 0.494 e. The van der Waals surface area contributed by atoms with Crippen LogP contribution in [0, 0.1) is 0 Å². The summed E-state index contributed by atoms with van der Waals surface area (Å²) in [6.07, 6.45) is 10.6. The van der Waals surface area contributed by atoms with E-state index in [0.29, 0.717) is 29.0 Å². The lowest BCUT2D eigenvalue weighted by molar-refractivity contribution is -0.127. The lowest BCUT2D eigenvalue weighted by Gasteiger charge is -2.12. The third kappa shape index (κ3) is 5.02. The first kappa shape index (κ1) is 21.2. The Labute approximate surface area is 185 Å². The average Bonchev–Trinajstić information content (AvgIpc) is 3.48. The van der Waals surface area contributed by atoms with E-state index in [1.54, 1.807) is 30.3 Å². The number of carbonyl (C=O) groups excluding carboxylic acids is 3. The molecule has 31 heavy (non-hydrogen) atoms. The molecule has 0 spiro atoms. The highest BCUT2D eigenvalue weighted by Gasteiger charge is 2.36. The second kappa shape index (κ2) is 9.43. The zero-order valence-corrected chi connectivity index (χ0v) is 18.2. The monoisotopic (exact) mass is 439 g/mol. The zero-order valence-electron chi connectivity index (χ0n) is 17.4. The molecule has 1 aliphatic heterocycles. The predicted octanol–water partition coefficient (Wildman–Crippen LogP) is 4.68. The Kier molecular flexibility index (Phi) is 6.46. The number of amides is 3. The molecule has 1 N–H and O–H groups in total. The molecule has 2 aliphatic rings. The summed E-state index contributed by atoms with van der Waals surface area (Å²) in [7, 11) is 0. The van der Waals surface area contributed by atoms with E-state index < -0.39 is 17.1 Å². The molecule has 4 rings (SSSR count). The van der Waals surface area contributed by atoms with E-state index >= 15 is 0 Å². The van der Waals surface area contributed by atoms with E-state index in [1.807, 2.05) is 25.4 Å². The van der Waals surface area contributed by atoms with Crippen LogP contribution in [0.5, 0.6) is 5.75 Å². The van der Waals surface area contributed by atoms with Gasteiger partial charge in [-0.1, -0.05) is 12.8 Å². The fourth-order valence-corrected chi connectivity index (χ4v) is 4.72. The minimum absolute atomic E-state index is 0.321. The van der Waals surface area contributed by atoms with Gasteiger partial charge in [-0.15, -0.1) is 0 Å². The maximum absolute atomic E-state index is 12.7. The number of rotatable bonds is 7. The number of aromatic nitrogens is 1. The van der Waals surface area contributed by atoms with Gasteiger partial charge in [0.2, 0.25) is 5.91 Å². The molecule has 0 bridgehead atoms. The molecular weight excluding hydrogens is 414 g/mol. The summed E-state index contributed by atoms with van der Waals surface area (Å²) in [5.74, 6) is -0.163. The first-order valence-corrected chi connectivity index (χ1v) is 11.3. The van der Waals surface area contributed by atoms with Crippen molar-refractivity contribution in [3.05, 3.63) is 53.2 Å². The van der Waals surface area contributed by atoms with Gasteiger partial charge in [-0.25, -0.2) is 0 Å². The van der Waals surface area contributed by atoms with Gasteiger partial charge in [0.05, 0.1) is 11.5 Å². The number of anilines is 1. The summed E-state index contributed by atoms with van der Waals surface area (Å²) < 4.78 is 7.56. The van der Waals surface area contributed by atoms with Gasteiger partial charge in [-0.2, -0.15) is 0 Å². The van der Waals surface area contributed by atoms with Crippen LogP contribution in [-0.4, -0.2) is 39.7 Å². The maximum atomic E-state index is 12.7. The highest BCUT2D eigenvalue weighted by molar-refractivity contribution is 8.18. The zero-order chi connectivity index (χ0) is 21.8. The van der Waals surface area contributed by atoms with Crippen LogP contribution < -0.4 is 10.1 Å². The normalized spacial score (nSPS) is 18.2. The average molecular weight is 440 g/mol. The van der Waals surface area contributed by atoms with Crippen LogP contribution in [0.2, 0.25) is 0 Å². The van der Waals surface area contributed by atoms with Crippen molar-refractivity contribution in [3.8, 4) is 5.75 Å². The molecule has 1 saturated carbocycles. The Bertz CT molecular complexity index is 1010. The molecule has 1 aromatic carbocycles. The van der Waals surface area contributed by atoms with Crippen molar-refractivity contribution < 1.29 is 19.1 Å². The number of ether oxygens (including phenoxy) is 1. The Morgan fingerprint density at radius 1 is 1.19 bits per heavy atom. The van der Waals surface area contributed by atoms with Crippen molar-refractivity contribution >= 4 is 40.6 Å².